The first-order valence-corrected chi connectivity index (χ1v) is 6.87. The second-order valence-corrected chi connectivity index (χ2v) is 5.41. The van der Waals surface area contributed by atoms with E-state index in [0.29, 0.717) is 26.2 Å². The van der Waals surface area contributed by atoms with Crippen LogP contribution in [0.3, 0.4) is 0 Å². The second-order valence-electron chi connectivity index (χ2n) is 5.41. The number of aromatic nitrogens is 1. The summed E-state index contributed by atoms with van der Waals surface area (Å²) < 4.78 is 43.5. The minimum Gasteiger partial charge on any atom is -0.373 e. The maximum atomic E-state index is 12.7. The van der Waals surface area contributed by atoms with Crippen LogP contribution in [0.15, 0.2) is 18.2 Å². The topological polar surface area (TPSA) is 45.7 Å². The number of ether oxygens (including phenoxy) is 1. The molecule has 1 aliphatic rings. The maximum Gasteiger partial charge on any atom is 0.433 e. The van der Waals surface area contributed by atoms with Crippen molar-refractivity contribution in [1.29, 1.82) is 0 Å². The number of alkyl halides is 3. The first kappa shape index (κ1) is 16.7. The minimum atomic E-state index is -4.56. The van der Waals surface area contributed by atoms with Gasteiger partial charge >= 0.3 is 6.18 Å². The Morgan fingerprint density at radius 2 is 2.18 bits per heavy atom. The number of hydrogen-bond donors (Lipinski definition) is 0. The van der Waals surface area contributed by atoms with Crippen molar-refractivity contribution in [2.45, 2.75) is 12.3 Å². The summed E-state index contributed by atoms with van der Waals surface area (Å²) >= 11 is 0. The van der Waals surface area contributed by atoms with Crippen LogP contribution in [0.4, 0.5) is 13.2 Å². The molecule has 1 aromatic rings. The molecule has 122 valence electrons. The summed E-state index contributed by atoms with van der Waals surface area (Å²) in [5, 5.41) is 0. The molecule has 0 spiro atoms. The second kappa shape index (κ2) is 6.62. The van der Waals surface area contributed by atoms with E-state index >= 15 is 0 Å². The predicted molar refractivity (Wildman–Crippen MR) is 73.4 cm³/mol. The highest BCUT2D eigenvalue weighted by Gasteiger charge is 2.34. The Kier molecular flexibility index (Phi) is 5.02. The fourth-order valence-corrected chi connectivity index (χ4v) is 2.30. The third-order valence-corrected chi connectivity index (χ3v) is 3.25. The predicted octanol–water partition coefficient (Wildman–Crippen LogP) is 1.50. The highest BCUT2D eigenvalue weighted by atomic mass is 19.4. The number of halogens is 3. The van der Waals surface area contributed by atoms with Crippen molar-refractivity contribution in [2.24, 2.45) is 0 Å². The molecule has 5 nitrogen and oxygen atoms in total. The van der Waals surface area contributed by atoms with Gasteiger partial charge in [-0.2, -0.15) is 13.2 Å². The molecule has 1 amide bonds. The van der Waals surface area contributed by atoms with Gasteiger partial charge in [-0.05, 0) is 26.2 Å². The van der Waals surface area contributed by atoms with Crippen molar-refractivity contribution in [3.05, 3.63) is 29.6 Å². The number of carbonyl (C=O) groups is 1. The van der Waals surface area contributed by atoms with Gasteiger partial charge in [-0.15, -0.1) is 0 Å². The molecule has 8 heteroatoms. The Balaban J connectivity index is 2.11. The number of carbonyl (C=O) groups excluding carboxylic acids is 1. The first-order valence-electron chi connectivity index (χ1n) is 6.87. The number of hydrogen-bond acceptors (Lipinski definition) is 4. The summed E-state index contributed by atoms with van der Waals surface area (Å²) in [5.41, 5.74) is -1.25. The van der Waals surface area contributed by atoms with Crippen LogP contribution in [0.5, 0.6) is 0 Å². The van der Waals surface area contributed by atoms with Gasteiger partial charge in [-0.3, -0.25) is 4.79 Å². The van der Waals surface area contributed by atoms with Gasteiger partial charge in [0.1, 0.15) is 11.4 Å². The molecule has 1 aliphatic heterocycles. The van der Waals surface area contributed by atoms with Gasteiger partial charge in [0, 0.05) is 19.6 Å². The van der Waals surface area contributed by atoms with Crippen molar-refractivity contribution < 1.29 is 22.7 Å². The fraction of sp³-hybridized carbons (Fsp3) is 0.571. The Labute approximate surface area is 126 Å². The van der Waals surface area contributed by atoms with Gasteiger partial charge in [0.25, 0.3) is 5.91 Å². The average molecular weight is 317 g/mol. The SMILES string of the molecule is CN(C)C[C@H]1CN(C(=O)c2cccc(C(F)(F)F)n2)CCO1. The summed E-state index contributed by atoms with van der Waals surface area (Å²) in [7, 11) is 3.77. The molecule has 0 aliphatic carbocycles. The number of rotatable bonds is 3. The average Bonchev–Trinajstić information content (AvgIpc) is 2.45. The van der Waals surface area contributed by atoms with E-state index in [2.05, 4.69) is 4.98 Å². The third kappa shape index (κ3) is 4.17. The van der Waals surface area contributed by atoms with Crippen LogP contribution >= 0.6 is 0 Å². The molecule has 0 bridgehead atoms. The Hall–Kier alpha value is -1.67. The van der Waals surface area contributed by atoms with Crippen LogP contribution in [0, 0.1) is 0 Å². The summed E-state index contributed by atoms with van der Waals surface area (Å²) in [5.74, 6) is -0.502. The third-order valence-electron chi connectivity index (χ3n) is 3.25. The molecule has 1 fully saturated rings. The molecule has 1 atom stereocenters. The van der Waals surface area contributed by atoms with Crippen LogP contribution in [0.2, 0.25) is 0 Å². The Bertz CT molecular complexity index is 534. The van der Waals surface area contributed by atoms with Crippen molar-refractivity contribution in [1.82, 2.24) is 14.8 Å². The van der Waals surface area contributed by atoms with Gasteiger partial charge in [0.05, 0.1) is 12.7 Å². The summed E-state index contributed by atoms with van der Waals surface area (Å²) in [6.45, 7) is 1.69. The van der Waals surface area contributed by atoms with Crippen molar-refractivity contribution in [3.8, 4) is 0 Å². The lowest BCUT2D eigenvalue weighted by Crippen LogP contribution is -2.49. The van der Waals surface area contributed by atoms with Crippen LogP contribution in [-0.2, 0) is 10.9 Å². The zero-order valence-corrected chi connectivity index (χ0v) is 12.4. The molecule has 0 radical (unpaired) electrons. The van der Waals surface area contributed by atoms with E-state index in [1.807, 2.05) is 19.0 Å². The van der Waals surface area contributed by atoms with Crippen molar-refractivity contribution >= 4 is 5.91 Å². The van der Waals surface area contributed by atoms with Crippen molar-refractivity contribution in [2.75, 3.05) is 40.3 Å². The lowest BCUT2D eigenvalue weighted by atomic mass is 10.2. The molecule has 1 saturated heterocycles. The quantitative estimate of drug-likeness (QED) is 0.848. The van der Waals surface area contributed by atoms with Gasteiger partial charge in [0.2, 0.25) is 0 Å². The lowest BCUT2D eigenvalue weighted by Gasteiger charge is -2.34. The summed E-state index contributed by atoms with van der Waals surface area (Å²) in [6.07, 6.45) is -4.71. The van der Waals surface area contributed by atoms with E-state index in [1.165, 1.54) is 17.0 Å². The number of nitrogens with zero attached hydrogens (tertiary/aromatic N) is 3. The molecule has 2 rings (SSSR count). The number of pyridine rings is 1. The lowest BCUT2D eigenvalue weighted by molar-refractivity contribution is -0.141. The first-order chi connectivity index (χ1) is 10.3. The molecule has 0 saturated carbocycles. The van der Waals surface area contributed by atoms with Crippen LogP contribution in [-0.4, -0.2) is 67.1 Å². The standard InChI is InChI=1S/C14H18F3N3O2/c1-19(2)8-10-9-20(6-7-22-10)13(21)11-4-3-5-12(18-11)14(15,16)17/h3-5,10H,6-9H2,1-2H3/t10-/m0/s1. The minimum absolute atomic E-state index is 0.154. The van der Waals surface area contributed by atoms with E-state index in [-0.39, 0.29) is 11.8 Å². The van der Waals surface area contributed by atoms with Crippen LogP contribution < -0.4 is 0 Å². The largest absolute Gasteiger partial charge is 0.433 e. The number of likely N-dealkylation sites (N-methyl/N-ethyl adjacent to an activating group) is 1. The van der Waals surface area contributed by atoms with Crippen molar-refractivity contribution in [3.63, 3.8) is 0 Å². The fourth-order valence-electron chi connectivity index (χ4n) is 2.30. The molecule has 1 aromatic heterocycles. The summed E-state index contributed by atoms with van der Waals surface area (Å²) in [6, 6.07) is 3.35. The molecule has 0 aromatic carbocycles. The molecular weight excluding hydrogens is 299 g/mol. The molecule has 22 heavy (non-hydrogen) atoms. The number of morpholine rings is 1. The molecular formula is C14H18F3N3O2. The highest BCUT2D eigenvalue weighted by Crippen LogP contribution is 2.27. The monoisotopic (exact) mass is 317 g/mol. The summed E-state index contributed by atoms with van der Waals surface area (Å²) in [4.78, 5) is 19.2. The highest BCUT2D eigenvalue weighted by molar-refractivity contribution is 5.92. The zero-order valence-electron chi connectivity index (χ0n) is 12.4. The van der Waals surface area contributed by atoms with Crippen LogP contribution in [0.1, 0.15) is 16.2 Å². The van der Waals surface area contributed by atoms with Crippen LogP contribution in [0.25, 0.3) is 0 Å². The maximum absolute atomic E-state index is 12.7. The number of amides is 1. The van der Waals surface area contributed by atoms with Gasteiger partial charge in [-0.1, -0.05) is 6.07 Å². The Morgan fingerprint density at radius 1 is 1.45 bits per heavy atom. The molecule has 0 unspecified atom stereocenters. The van der Waals surface area contributed by atoms with E-state index < -0.39 is 17.8 Å². The molecule has 0 N–H and O–H groups in total. The Morgan fingerprint density at radius 3 is 2.82 bits per heavy atom. The van der Waals surface area contributed by atoms with Gasteiger partial charge < -0.3 is 14.5 Å². The van der Waals surface area contributed by atoms with E-state index in [4.69, 9.17) is 4.74 Å². The zero-order chi connectivity index (χ0) is 16.3. The van der Waals surface area contributed by atoms with Gasteiger partial charge in [0.15, 0.2) is 0 Å². The van der Waals surface area contributed by atoms with E-state index in [9.17, 15) is 18.0 Å². The molecule has 2 heterocycles. The smallest absolute Gasteiger partial charge is 0.373 e. The van der Waals surface area contributed by atoms with E-state index in [1.54, 1.807) is 0 Å². The van der Waals surface area contributed by atoms with E-state index in [0.717, 1.165) is 6.07 Å². The van der Waals surface area contributed by atoms with Gasteiger partial charge in [-0.25, -0.2) is 4.98 Å². The normalized spacial score (nSPS) is 19.5.